The lowest BCUT2D eigenvalue weighted by atomic mass is 10.0. The highest BCUT2D eigenvalue weighted by atomic mass is 32.2. The van der Waals surface area contributed by atoms with E-state index < -0.39 is 21.9 Å². The highest BCUT2D eigenvalue weighted by Crippen LogP contribution is 2.15. The van der Waals surface area contributed by atoms with E-state index in [1.54, 1.807) is 0 Å². The second-order valence-corrected chi connectivity index (χ2v) is 9.93. The number of unbranched alkanes of at least 4 members (excludes halogenated alkanes) is 5. The van der Waals surface area contributed by atoms with Gasteiger partial charge in [0.1, 0.15) is 0 Å². The number of nitrogens with zero attached hydrogens (tertiary/aromatic N) is 1. The normalized spacial score (nSPS) is 11.1. The van der Waals surface area contributed by atoms with Gasteiger partial charge in [-0.2, -0.15) is 0 Å². The van der Waals surface area contributed by atoms with Crippen LogP contribution >= 0.6 is 0 Å². The van der Waals surface area contributed by atoms with Gasteiger partial charge in [0.05, 0.1) is 22.1 Å². The van der Waals surface area contributed by atoms with Crippen molar-refractivity contribution in [3.63, 3.8) is 0 Å². The van der Waals surface area contributed by atoms with Gasteiger partial charge in [-0.05, 0) is 55.2 Å². The van der Waals surface area contributed by atoms with Crippen molar-refractivity contribution >= 4 is 27.8 Å². The molecule has 2 amide bonds. The van der Waals surface area contributed by atoms with E-state index in [4.69, 9.17) is 0 Å². The largest absolute Gasteiger partial charge is 0.543 e. The molecule has 10 heteroatoms. The molecule has 9 nitrogen and oxygen atoms in total. The van der Waals surface area contributed by atoms with Crippen molar-refractivity contribution in [3.05, 3.63) is 58.9 Å². The van der Waals surface area contributed by atoms with Crippen molar-refractivity contribution in [1.82, 2.24) is 15.0 Å². The Morgan fingerprint density at radius 1 is 0.886 bits per heavy atom. The molecule has 1 aromatic heterocycles. The number of hydrogen-bond donors (Lipinski definition) is 2. The molecule has 0 bridgehead atoms. The van der Waals surface area contributed by atoms with E-state index in [0.29, 0.717) is 30.5 Å². The van der Waals surface area contributed by atoms with Gasteiger partial charge in [-0.25, -0.2) is 13.1 Å². The summed E-state index contributed by atoms with van der Waals surface area (Å²) in [6.07, 6.45) is 7.97. The second kappa shape index (κ2) is 13.6. The lowest BCUT2D eigenvalue weighted by Crippen LogP contribution is -2.31. The molecule has 2 rings (SSSR count). The molecule has 0 fully saturated rings. The molecule has 0 spiro atoms. The van der Waals surface area contributed by atoms with Crippen molar-refractivity contribution < 1.29 is 27.9 Å². The van der Waals surface area contributed by atoms with Gasteiger partial charge < -0.3 is 15.2 Å². The zero-order chi connectivity index (χ0) is 25.8. The van der Waals surface area contributed by atoms with E-state index in [2.05, 4.69) is 17.2 Å². The van der Waals surface area contributed by atoms with Gasteiger partial charge in [-0.3, -0.25) is 14.6 Å². The molecule has 0 radical (unpaired) electrons. The van der Waals surface area contributed by atoms with Crippen molar-refractivity contribution in [2.45, 2.75) is 70.1 Å². The van der Waals surface area contributed by atoms with Crippen LogP contribution in [0.1, 0.15) is 95.6 Å². The number of pyridine rings is 1. The fraction of sp³-hybridized carbons (Fsp3) is 0.440. The van der Waals surface area contributed by atoms with E-state index >= 15 is 0 Å². The van der Waals surface area contributed by atoms with Gasteiger partial charge in [0.15, 0.2) is 0 Å². The minimum absolute atomic E-state index is 0.0795. The van der Waals surface area contributed by atoms with Crippen molar-refractivity contribution in [3.8, 4) is 0 Å². The Morgan fingerprint density at radius 3 is 2.17 bits per heavy atom. The van der Waals surface area contributed by atoms with Crippen LogP contribution in [0.4, 0.5) is 0 Å². The molecule has 0 aliphatic carbocycles. The third-order valence-corrected chi connectivity index (χ3v) is 6.79. The molecular formula is C25H32N3O6S-. The van der Waals surface area contributed by atoms with Crippen LogP contribution in [0, 0.1) is 0 Å². The summed E-state index contributed by atoms with van der Waals surface area (Å²) >= 11 is 0. The Bertz CT molecular complexity index is 1130. The Balaban J connectivity index is 2.08. The summed E-state index contributed by atoms with van der Waals surface area (Å²) in [5.74, 6) is -2.70. The molecule has 1 aromatic carbocycles. The van der Waals surface area contributed by atoms with Gasteiger partial charge in [-0.15, -0.1) is 0 Å². The fourth-order valence-corrected chi connectivity index (χ4v) is 4.43. The first kappa shape index (κ1) is 28.0. The van der Waals surface area contributed by atoms with Crippen LogP contribution in [0.5, 0.6) is 0 Å². The monoisotopic (exact) mass is 502 g/mol. The summed E-state index contributed by atoms with van der Waals surface area (Å²) in [7, 11) is -4.23. The number of benzene rings is 1. The minimum atomic E-state index is -4.23. The lowest BCUT2D eigenvalue weighted by molar-refractivity contribution is -0.255. The molecule has 1 heterocycles. The second-order valence-electron chi connectivity index (χ2n) is 8.25. The van der Waals surface area contributed by atoms with Crippen molar-refractivity contribution in [2.24, 2.45) is 0 Å². The van der Waals surface area contributed by atoms with Crippen molar-refractivity contribution in [1.29, 1.82) is 0 Å². The van der Waals surface area contributed by atoms with E-state index in [0.717, 1.165) is 44.7 Å². The Morgan fingerprint density at radius 2 is 1.54 bits per heavy atom. The number of nitrogens with one attached hydrogen (secondary N) is 2. The zero-order valence-corrected chi connectivity index (χ0v) is 20.9. The van der Waals surface area contributed by atoms with Crippen LogP contribution in [0.15, 0.2) is 41.4 Å². The third kappa shape index (κ3) is 8.47. The maximum atomic E-state index is 12.7. The molecule has 0 atom stereocenters. The molecule has 0 aliphatic rings. The molecule has 0 aliphatic heterocycles. The number of aryl methyl sites for hydroxylation is 1. The average Bonchev–Trinajstić information content (AvgIpc) is 2.83. The molecule has 0 saturated heterocycles. The minimum Gasteiger partial charge on any atom is -0.543 e. The van der Waals surface area contributed by atoms with Crippen molar-refractivity contribution in [2.75, 3.05) is 6.54 Å². The first-order chi connectivity index (χ1) is 16.7. The average molecular weight is 503 g/mol. The highest BCUT2D eigenvalue weighted by Gasteiger charge is 2.20. The fourth-order valence-electron chi connectivity index (χ4n) is 3.46. The van der Waals surface area contributed by atoms with Crippen LogP contribution in [-0.4, -0.2) is 37.7 Å². The maximum Gasteiger partial charge on any atom is 0.266 e. The number of carboxylic acid groups (broad SMARTS) is 1. The summed E-state index contributed by atoms with van der Waals surface area (Å²) in [5.41, 5.74) is 0.280. The van der Waals surface area contributed by atoms with Crippen LogP contribution in [0.2, 0.25) is 0 Å². The Hall–Kier alpha value is -3.27. The smallest absolute Gasteiger partial charge is 0.266 e. The number of amides is 2. The van der Waals surface area contributed by atoms with E-state index in [9.17, 15) is 27.9 Å². The van der Waals surface area contributed by atoms with Gasteiger partial charge in [-0.1, -0.05) is 46.0 Å². The van der Waals surface area contributed by atoms with Gasteiger partial charge in [0, 0.05) is 18.3 Å². The molecule has 2 aromatic rings. The first-order valence-corrected chi connectivity index (χ1v) is 13.3. The van der Waals surface area contributed by atoms with E-state index in [-0.39, 0.29) is 22.1 Å². The molecular weight excluding hydrogens is 470 g/mol. The number of rotatable bonds is 14. The van der Waals surface area contributed by atoms with Crippen LogP contribution in [0.25, 0.3) is 0 Å². The van der Waals surface area contributed by atoms with Crippen LogP contribution in [-0.2, 0) is 16.4 Å². The predicted molar refractivity (Wildman–Crippen MR) is 129 cm³/mol. The maximum absolute atomic E-state index is 12.7. The number of aromatic nitrogens is 1. The molecule has 0 saturated carbocycles. The first-order valence-electron chi connectivity index (χ1n) is 11.8. The highest BCUT2D eigenvalue weighted by molar-refractivity contribution is 7.90. The predicted octanol–water partition coefficient (Wildman–Crippen LogP) is 2.61. The van der Waals surface area contributed by atoms with E-state index in [1.807, 2.05) is 11.6 Å². The molecule has 35 heavy (non-hydrogen) atoms. The number of carbonyl (C=O) groups is 3. The SMILES string of the molecule is CCCCCCNC(=O)c1ccc(S(=O)(=O)NC(=O)c2cnc(C(=O)[O-])c(CCCCC)c2)cc1. The quantitative estimate of drug-likeness (QED) is 0.378. The van der Waals surface area contributed by atoms with E-state index in [1.165, 1.54) is 30.3 Å². The number of aromatic carboxylic acids is 1. The van der Waals surface area contributed by atoms with Crippen LogP contribution < -0.4 is 15.1 Å². The topological polar surface area (TPSA) is 145 Å². The number of sulfonamides is 1. The number of carboxylic acids is 1. The summed E-state index contributed by atoms with van der Waals surface area (Å²) in [6.45, 7) is 4.65. The lowest BCUT2D eigenvalue weighted by Gasteiger charge is -2.12. The molecule has 190 valence electrons. The Kier molecular flexibility index (Phi) is 10.8. The zero-order valence-electron chi connectivity index (χ0n) is 20.1. The standard InChI is InChI=1S/C25H33N3O6S/c1-3-5-7-9-15-26-23(29)18-11-13-21(14-12-18)35(33,34)28-24(30)20-16-19(10-8-6-4-2)22(25(31)32)27-17-20/h11-14,16-17H,3-10,15H2,1-2H3,(H,26,29)(H,28,30)(H,31,32)/p-1. The number of hydrogen-bond acceptors (Lipinski definition) is 7. The molecule has 2 N–H and O–H groups in total. The third-order valence-electron chi connectivity index (χ3n) is 5.44. The summed E-state index contributed by atoms with van der Waals surface area (Å²) < 4.78 is 27.3. The summed E-state index contributed by atoms with van der Waals surface area (Å²) in [6, 6.07) is 6.57. The van der Waals surface area contributed by atoms with Gasteiger partial charge in [0.25, 0.3) is 21.8 Å². The van der Waals surface area contributed by atoms with Gasteiger partial charge >= 0.3 is 0 Å². The van der Waals surface area contributed by atoms with Gasteiger partial charge in [0.2, 0.25) is 0 Å². The molecule has 0 unspecified atom stereocenters. The Labute approximate surface area is 206 Å². The summed E-state index contributed by atoms with van der Waals surface area (Å²) in [5, 5.41) is 14.1. The van der Waals surface area contributed by atoms with Crippen LogP contribution in [0.3, 0.4) is 0 Å². The summed E-state index contributed by atoms with van der Waals surface area (Å²) in [4.78, 5) is 39.8. The number of carbonyl (C=O) groups excluding carboxylic acids is 3.